The molecule has 1 aliphatic rings. The number of nitrogens with one attached hydrogen (secondary N) is 2. The summed E-state index contributed by atoms with van der Waals surface area (Å²) in [5, 5.41) is 0.701. The molecule has 2 rings (SSSR count). The molecule has 0 unspecified atom stereocenters. The van der Waals surface area contributed by atoms with E-state index in [1.54, 1.807) is 6.07 Å². The second-order valence-corrected chi connectivity index (χ2v) is 4.84. The average molecular weight is 275 g/mol. The molecule has 0 saturated carbocycles. The van der Waals surface area contributed by atoms with Crippen molar-refractivity contribution in [3.05, 3.63) is 29.3 Å². The normalized spacial score (nSPS) is 15.4. The number of benzene rings is 1. The molecule has 1 aromatic rings. The first-order chi connectivity index (χ1) is 8.48. The third-order valence-corrected chi connectivity index (χ3v) is 3.42. The van der Waals surface area contributed by atoms with Crippen molar-refractivity contribution in [1.29, 1.82) is 0 Å². The summed E-state index contributed by atoms with van der Waals surface area (Å²) in [6, 6.07) is 4.05. The zero-order chi connectivity index (χ0) is 13.2. The van der Waals surface area contributed by atoms with Gasteiger partial charge in [-0.05, 0) is 24.6 Å². The zero-order valence-corrected chi connectivity index (χ0v) is 10.5. The van der Waals surface area contributed by atoms with Gasteiger partial charge in [0.25, 0.3) is 0 Å². The maximum Gasteiger partial charge on any atom is 0.416 e. The summed E-state index contributed by atoms with van der Waals surface area (Å²) < 4.78 is 38.1. The first kappa shape index (κ1) is 13.1. The van der Waals surface area contributed by atoms with E-state index in [0.717, 1.165) is 18.4 Å². The Kier molecular flexibility index (Phi) is 3.70. The molecular formula is C11H12F3N3S. The smallest absolute Gasteiger partial charge is 0.299 e. The predicted octanol–water partition coefficient (Wildman–Crippen LogP) is 3.03. The summed E-state index contributed by atoms with van der Waals surface area (Å²) in [5.74, 6) is 0.894. The molecule has 0 aromatic heterocycles. The molecule has 7 heteroatoms. The Morgan fingerprint density at radius 3 is 2.67 bits per heavy atom. The second kappa shape index (κ2) is 5.09. The average Bonchev–Trinajstić information content (AvgIpc) is 2.79. The fourth-order valence-corrected chi connectivity index (χ4v) is 2.29. The molecule has 0 saturated heterocycles. The molecule has 0 bridgehead atoms. The number of amidine groups is 1. The van der Waals surface area contributed by atoms with Crippen LogP contribution in [0.5, 0.6) is 0 Å². The zero-order valence-electron chi connectivity index (χ0n) is 9.64. The minimum Gasteiger partial charge on any atom is -0.299 e. The van der Waals surface area contributed by atoms with E-state index in [4.69, 9.17) is 0 Å². The first-order valence-electron chi connectivity index (χ1n) is 5.34. The van der Waals surface area contributed by atoms with Crippen molar-refractivity contribution in [3.63, 3.8) is 0 Å². The Morgan fingerprint density at radius 2 is 2.06 bits per heavy atom. The van der Waals surface area contributed by atoms with Crippen LogP contribution < -0.4 is 10.9 Å². The Balaban J connectivity index is 2.13. The highest BCUT2D eigenvalue weighted by molar-refractivity contribution is 8.14. The van der Waals surface area contributed by atoms with E-state index in [2.05, 4.69) is 15.8 Å². The van der Waals surface area contributed by atoms with E-state index < -0.39 is 11.7 Å². The Labute approximate surface area is 107 Å². The van der Waals surface area contributed by atoms with Gasteiger partial charge in [0.05, 0.1) is 17.8 Å². The third kappa shape index (κ3) is 2.90. The molecule has 0 amide bonds. The van der Waals surface area contributed by atoms with Crippen LogP contribution in [0.25, 0.3) is 0 Å². The second-order valence-electron chi connectivity index (χ2n) is 3.76. The van der Waals surface area contributed by atoms with Crippen LogP contribution in [0.4, 0.5) is 18.9 Å². The van der Waals surface area contributed by atoms with Gasteiger partial charge in [-0.15, -0.1) is 0 Å². The minimum atomic E-state index is -4.33. The topological polar surface area (TPSA) is 36.4 Å². The highest BCUT2D eigenvalue weighted by atomic mass is 32.2. The largest absolute Gasteiger partial charge is 0.416 e. The lowest BCUT2D eigenvalue weighted by Gasteiger charge is -2.15. The van der Waals surface area contributed by atoms with E-state index >= 15 is 0 Å². The lowest BCUT2D eigenvalue weighted by molar-refractivity contribution is -0.138. The van der Waals surface area contributed by atoms with Gasteiger partial charge in [0.15, 0.2) is 5.17 Å². The van der Waals surface area contributed by atoms with Crippen LogP contribution in [-0.2, 0) is 6.18 Å². The predicted molar refractivity (Wildman–Crippen MR) is 67.7 cm³/mol. The van der Waals surface area contributed by atoms with Crippen LogP contribution >= 0.6 is 11.8 Å². The lowest BCUT2D eigenvalue weighted by atomic mass is 10.1. The summed E-state index contributed by atoms with van der Waals surface area (Å²) in [7, 11) is 0. The molecule has 0 fully saturated rings. The van der Waals surface area contributed by atoms with Crippen LogP contribution in [-0.4, -0.2) is 17.5 Å². The quantitative estimate of drug-likeness (QED) is 0.815. The van der Waals surface area contributed by atoms with Crippen LogP contribution in [0.15, 0.2) is 23.2 Å². The monoisotopic (exact) mass is 275 g/mol. The molecule has 98 valence electrons. The lowest BCUT2D eigenvalue weighted by Crippen LogP contribution is -2.26. The van der Waals surface area contributed by atoms with Crippen LogP contribution in [0.3, 0.4) is 0 Å². The highest BCUT2D eigenvalue weighted by Gasteiger charge is 2.32. The number of thioether (sulfide) groups is 1. The van der Waals surface area contributed by atoms with Crippen molar-refractivity contribution in [2.75, 3.05) is 17.7 Å². The summed E-state index contributed by atoms with van der Waals surface area (Å²) in [5.41, 5.74) is 5.52. The van der Waals surface area contributed by atoms with Crippen molar-refractivity contribution in [3.8, 4) is 0 Å². The van der Waals surface area contributed by atoms with Crippen molar-refractivity contribution in [2.45, 2.75) is 13.1 Å². The van der Waals surface area contributed by atoms with Crippen LogP contribution in [0, 0.1) is 6.92 Å². The van der Waals surface area contributed by atoms with Gasteiger partial charge >= 0.3 is 6.18 Å². The standard InChI is InChI=1S/C11H12F3N3S/c1-7-8(11(12,13)14)3-2-4-9(7)16-17-10-15-5-6-18-10/h2-4,16H,5-6H2,1H3,(H,15,17). The fourth-order valence-electron chi connectivity index (χ4n) is 1.61. The molecular weight excluding hydrogens is 263 g/mol. The maximum atomic E-state index is 12.7. The number of rotatable bonds is 2. The Hall–Kier alpha value is -1.37. The maximum absolute atomic E-state index is 12.7. The number of alkyl halides is 3. The van der Waals surface area contributed by atoms with Crippen molar-refractivity contribution >= 4 is 22.6 Å². The minimum absolute atomic E-state index is 0.168. The SMILES string of the molecule is Cc1c(NNC2=NCCS2)cccc1C(F)(F)F. The van der Waals surface area contributed by atoms with Gasteiger partial charge in [0.2, 0.25) is 0 Å². The van der Waals surface area contributed by atoms with E-state index in [0.29, 0.717) is 10.9 Å². The van der Waals surface area contributed by atoms with Crippen molar-refractivity contribution in [2.24, 2.45) is 4.99 Å². The summed E-state index contributed by atoms with van der Waals surface area (Å²) >= 11 is 1.53. The molecule has 0 spiro atoms. The first-order valence-corrected chi connectivity index (χ1v) is 6.33. The molecule has 0 atom stereocenters. The molecule has 3 nitrogen and oxygen atoms in total. The number of aliphatic imine (C=N–C) groups is 1. The van der Waals surface area contributed by atoms with Gasteiger partial charge < -0.3 is 0 Å². The van der Waals surface area contributed by atoms with Crippen molar-refractivity contribution in [1.82, 2.24) is 5.43 Å². The Bertz CT molecular complexity index is 471. The fraction of sp³-hybridized carbons (Fsp3) is 0.364. The van der Waals surface area contributed by atoms with Crippen LogP contribution in [0.1, 0.15) is 11.1 Å². The molecule has 1 heterocycles. The van der Waals surface area contributed by atoms with E-state index in [1.165, 1.54) is 24.8 Å². The number of hydrazine groups is 1. The van der Waals surface area contributed by atoms with Gasteiger partial charge in [0.1, 0.15) is 0 Å². The summed E-state index contributed by atoms with van der Waals surface area (Å²) in [4.78, 5) is 4.14. The third-order valence-electron chi connectivity index (χ3n) is 2.53. The number of hydrogen-bond acceptors (Lipinski definition) is 4. The van der Waals surface area contributed by atoms with Crippen molar-refractivity contribution < 1.29 is 13.2 Å². The van der Waals surface area contributed by atoms with Gasteiger partial charge in [-0.3, -0.25) is 15.8 Å². The molecule has 0 aliphatic carbocycles. The molecule has 1 aromatic carbocycles. The summed E-state index contributed by atoms with van der Waals surface area (Å²) in [6.45, 7) is 2.17. The number of hydrogen-bond donors (Lipinski definition) is 2. The highest BCUT2D eigenvalue weighted by Crippen LogP contribution is 2.34. The molecule has 2 N–H and O–H groups in total. The van der Waals surface area contributed by atoms with E-state index in [-0.39, 0.29) is 5.56 Å². The number of nitrogens with zero attached hydrogens (tertiary/aromatic N) is 1. The molecule has 18 heavy (non-hydrogen) atoms. The van der Waals surface area contributed by atoms with E-state index in [9.17, 15) is 13.2 Å². The van der Waals surface area contributed by atoms with E-state index in [1.807, 2.05) is 0 Å². The molecule has 0 radical (unpaired) electrons. The van der Waals surface area contributed by atoms with Gasteiger partial charge in [-0.25, -0.2) is 0 Å². The van der Waals surface area contributed by atoms with Gasteiger partial charge in [0, 0.05) is 5.75 Å². The number of halogens is 3. The van der Waals surface area contributed by atoms with Gasteiger partial charge in [-0.1, -0.05) is 17.8 Å². The molecule has 1 aliphatic heterocycles. The number of anilines is 1. The van der Waals surface area contributed by atoms with Gasteiger partial charge in [-0.2, -0.15) is 13.2 Å². The summed E-state index contributed by atoms with van der Waals surface area (Å²) in [6.07, 6.45) is -4.33. The Morgan fingerprint density at radius 1 is 1.28 bits per heavy atom. The van der Waals surface area contributed by atoms with Crippen LogP contribution in [0.2, 0.25) is 0 Å².